The Balaban J connectivity index is 1.97. The van der Waals surface area contributed by atoms with Crippen LogP contribution in [0.2, 0.25) is 0 Å². The number of hydrazine groups is 1. The molecule has 0 heterocycles. The second-order valence-corrected chi connectivity index (χ2v) is 7.69. The summed E-state index contributed by atoms with van der Waals surface area (Å²) in [6.07, 6.45) is 7.18. The summed E-state index contributed by atoms with van der Waals surface area (Å²) in [5, 5.41) is 0. The molecule has 2 saturated carbocycles. The summed E-state index contributed by atoms with van der Waals surface area (Å²) in [5.74, 6) is 8.68. The molecule has 0 aromatic rings. The molecule has 2 aliphatic rings. The van der Waals surface area contributed by atoms with E-state index in [1.165, 1.54) is 32.1 Å². The zero-order valence-electron chi connectivity index (χ0n) is 13.1. The highest BCUT2D eigenvalue weighted by atomic mass is 16.5. The van der Waals surface area contributed by atoms with E-state index in [1.54, 1.807) is 0 Å². The first-order valence-corrected chi connectivity index (χ1v) is 8.03. The van der Waals surface area contributed by atoms with Crippen molar-refractivity contribution in [2.45, 2.75) is 71.9 Å². The van der Waals surface area contributed by atoms with Gasteiger partial charge >= 0.3 is 0 Å². The SMILES string of the molecule is CCOC(C(CC1CC2CCC1C2)NN)C(C)(C)C. The van der Waals surface area contributed by atoms with Crippen LogP contribution < -0.4 is 11.3 Å². The first-order chi connectivity index (χ1) is 8.95. The van der Waals surface area contributed by atoms with Gasteiger partial charge in [-0.2, -0.15) is 0 Å². The van der Waals surface area contributed by atoms with E-state index in [0.29, 0.717) is 0 Å². The lowest BCUT2D eigenvalue weighted by Gasteiger charge is -2.38. The fraction of sp³-hybridized carbons (Fsp3) is 1.00. The lowest BCUT2D eigenvalue weighted by Crippen LogP contribution is -2.51. The molecule has 5 atom stereocenters. The highest BCUT2D eigenvalue weighted by Crippen LogP contribution is 2.50. The molecule has 3 N–H and O–H groups in total. The number of ether oxygens (including phenoxy) is 1. The van der Waals surface area contributed by atoms with Crippen molar-refractivity contribution in [3.8, 4) is 0 Å². The summed E-state index contributed by atoms with van der Waals surface area (Å²) in [4.78, 5) is 0. The first-order valence-electron chi connectivity index (χ1n) is 8.03. The van der Waals surface area contributed by atoms with E-state index >= 15 is 0 Å². The van der Waals surface area contributed by atoms with E-state index < -0.39 is 0 Å². The molecule has 3 heteroatoms. The molecule has 2 fully saturated rings. The molecule has 0 saturated heterocycles. The Morgan fingerprint density at radius 1 is 1.26 bits per heavy atom. The molecular formula is C16H32N2O. The van der Waals surface area contributed by atoms with Crippen molar-refractivity contribution in [2.24, 2.45) is 29.0 Å². The van der Waals surface area contributed by atoms with Crippen LogP contribution in [0.15, 0.2) is 0 Å². The monoisotopic (exact) mass is 268 g/mol. The van der Waals surface area contributed by atoms with Gasteiger partial charge in [0.1, 0.15) is 0 Å². The third-order valence-electron chi connectivity index (χ3n) is 5.22. The third kappa shape index (κ3) is 3.50. The molecule has 3 nitrogen and oxygen atoms in total. The average molecular weight is 268 g/mol. The number of hydrogen-bond acceptors (Lipinski definition) is 3. The predicted octanol–water partition coefficient (Wildman–Crippen LogP) is 3.10. The van der Waals surface area contributed by atoms with Crippen molar-refractivity contribution >= 4 is 0 Å². The molecule has 2 rings (SSSR count). The number of nitrogens with two attached hydrogens (primary N) is 1. The maximum atomic E-state index is 6.01. The molecular weight excluding hydrogens is 236 g/mol. The van der Waals surface area contributed by atoms with Gasteiger partial charge in [-0.25, -0.2) is 0 Å². The van der Waals surface area contributed by atoms with Gasteiger partial charge in [-0.05, 0) is 55.8 Å². The predicted molar refractivity (Wildman–Crippen MR) is 79.5 cm³/mol. The van der Waals surface area contributed by atoms with Crippen LogP contribution in [0.5, 0.6) is 0 Å². The highest BCUT2D eigenvalue weighted by molar-refractivity contribution is 4.94. The Labute approximate surface area is 118 Å². The van der Waals surface area contributed by atoms with Crippen molar-refractivity contribution in [2.75, 3.05) is 6.61 Å². The van der Waals surface area contributed by atoms with Gasteiger partial charge < -0.3 is 4.74 Å². The van der Waals surface area contributed by atoms with E-state index in [-0.39, 0.29) is 17.6 Å². The molecule has 0 aromatic carbocycles. The maximum absolute atomic E-state index is 6.01. The lowest BCUT2D eigenvalue weighted by atomic mass is 9.78. The Bertz CT molecular complexity index is 287. The Hall–Kier alpha value is -0.120. The van der Waals surface area contributed by atoms with Gasteiger partial charge in [0.15, 0.2) is 0 Å². The fourth-order valence-electron chi connectivity index (χ4n) is 4.42. The largest absolute Gasteiger partial charge is 0.376 e. The van der Waals surface area contributed by atoms with Crippen LogP contribution in [0.4, 0.5) is 0 Å². The van der Waals surface area contributed by atoms with E-state index in [2.05, 4.69) is 33.1 Å². The molecule has 2 bridgehead atoms. The van der Waals surface area contributed by atoms with Crippen LogP contribution in [0, 0.1) is 23.2 Å². The van der Waals surface area contributed by atoms with Crippen molar-refractivity contribution < 1.29 is 4.74 Å². The van der Waals surface area contributed by atoms with E-state index in [1.807, 2.05) is 0 Å². The Morgan fingerprint density at radius 2 is 2.00 bits per heavy atom. The second kappa shape index (κ2) is 6.11. The molecule has 19 heavy (non-hydrogen) atoms. The molecule has 0 spiro atoms. The minimum absolute atomic E-state index is 0.130. The van der Waals surface area contributed by atoms with Gasteiger partial charge in [-0.1, -0.05) is 27.2 Å². The summed E-state index contributed by atoms with van der Waals surface area (Å²) in [7, 11) is 0. The van der Waals surface area contributed by atoms with Gasteiger partial charge in [0.05, 0.1) is 6.10 Å². The number of fused-ring (bicyclic) bond motifs is 2. The van der Waals surface area contributed by atoms with Gasteiger partial charge in [0.25, 0.3) is 0 Å². The maximum Gasteiger partial charge on any atom is 0.0789 e. The van der Waals surface area contributed by atoms with Crippen LogP contribution in [0.25, 0.3) is 0 Å². The van der Waals surface area contributed by atoms with Gasteiger partial charge in [-0.3, -0.25) is 11.3 Å². The lowest BCUT2D eigenvalue weighted by molar-refractivity contribution is -0.0421. The average Bonchev–Trinajstić information content (AvgIpc) is 2.94. The standard InChI is InChI=1S/C16H32N2O/c1-5-19-15(16(2,3)4)14(18-17)10-13-9-11-6-7-12(13)8-11/h11-15,18H,5-10,17H2,1-4H3. The summed E-state index contributed by atoms with van der Waals surface area (Å²) >= 11 is 0. The molecule has 2 aliphatic carbocycles. The van der Waals surface area contributed by atoms with E-state index in [9.17, 15) is 0 Å². The summed E-state index contributed by atoms with van der Waals surface area (Å²) in [6, 6.07) is 0.282. The summed E-state index contributed by atoms with van der Waals surface area (Å²) in [5.41, 5.74) is 3.18. The smallest absolute Gasteiger partial charge is 0.0789 e. The minimum Gasteiger partial charge on any atom is -0.376 e. The summed E-state index contributed by atoms with van der Waals surface area (Å²) in [6.45, 7) is 9.58. The number of hydrogen-bond donors (Lipinski definition) is 2. The zero-order valence-corrected chi connectivity index (χ0v) is 13.1. The zero-order chi connectivity index (χ0) is 14.0. The normalized spacial score (nSPS) is 33.6. The van der Waals surface area contributed by atoms with E-state index in [4.69, 9.17) is 10.6 Å². The summed E-state index contributed by atoms with van der Waals surface area (Å²) < 4.78 is 6.01. The molecule has 0 radical (unpaired) electrons. The van der Waals surface area contributed by atoms with Crippen molar-refractivity contribution in [1.82, 2.24) is 5.43 Å². The second-order valence-electron chi connectivity index (χ2n) is 7.69. The molecule has 112 valence electrons. The van der Waals surface area contributed by atoms with Crippen molar-refractivity contribution in [3.05, 3.63) is 0 Å². The van der Waals surface area contributed by atoms with Crippen LogP contribution >= 0.6 is 0 Å². The van der Waals surface area contributed by atoms with Gasteiger partial charge in [0.2, 0.25) is 0 Å². The Morgan fingerprint density at radius 3 is 2.42 bits per heavy atom. The molecule has 0 aliphatic heterocycles. The third-order valence-corrected chi connectivity index (χ3v) is 5.22. The highest BCUT2D eigenvalue weighted by Gasteiger charge is 2.42. The van der Waals surface area contributed by atoms with Crippen LogP contribution in [-0.4, -0.2) is 18.8 Å². The Kier molecular flexibility index (Phi) is 4.91. The molecule has 0 amide bonds. The molecule has 0 aromatic heterocycles. The van der Waals surface area contributed by atoms with Crippen molar-refractivity contribution in [3.63, 3.8) is 0 Å². The van der Waals surface area contributed by atoms with Gasteiger partial charge in [-0.15, -0.1) is 0 Å². The molecule has 5 unspecified atom stereocenters. The topological polar surface area (TPSA) is 47.3 Å². The first kappa shape index (κ1) is 15.3. The quantitative estimate of drug-likeness (QED) is 0.575. The fourth-order valence-corrected chi connectivity index (χ4v) is 4.42. The van der Waals surface area contributed by atoms with Gasteiger partial charge in [0, 0.05) is 12.6 Å². The van der Waals surface area contributed by atoms with Crippen molar-refractivity contribution in [1.29, 1.82) is 0 Å². The van der Waals surface area contributed by atoms with Crippen LogP contribution in [0.3, 0.4) is 0 Å². The van der Waals surface area contributed by atoms with Crippen LogP contribution in [0.1, 0.15) is 59.8 Å². The minimum atomic E-state index is 0.130. The number of rotatable bonds is 6. The van der Waals surface area contributed by atoms with Crippen LogP contribution in [-0.2, 0) is 4.74 Å². The van der Waals surface area contributed by atoms with E-state index in [0.717, 1.165) is 24.4 Å². The number of nitrogens with one attached hydrogen (secondary N) is 1.